The molecule has 0 radical (unpaired) electrons. The van der Waals surface area contributed by atoms with E-state index in [0.29, 0.717) is 13.1 Å². The second kappa shape index (κ2) is 8.53. The third-order valence-electron chi connectivity index (χ3n) is 6.52. The number of rotatable bonds is 5. The van der Waals surface area contributed by atoms with E-state index in [2.05, 4.69) is 40.7 Å². The smallest absolute Gasteiger partial charge is 0.246 e. The summed E-state index contributed by atoms with van der Waals surface area (Å²) in [4.78, 5) is 29.8. The normalized spacial score (nSPS) is 16.4. The van der Waals surface area contributed by atoms with Crippen molar-refractivity contribution in [3.8, 4) is 0 Å². The van der Waals surface area contributed by atoms with Gasteiger partial charge in [-0.3, -0.25) is 4.79 Å². The quantitative estimate of drug-likeness (QED) is 0.648. The number of fused-ring (bicyclic) bond motifs is 3. The first-order valence-corrected chi connectivity index (χ1v) is 11.3. The Morgan fingerprint density at radius 3 is 2.58 bits per heavy atom. The summed E-state index contributed by atoms with van der Waals surface area (Å²) in [6, 6.07) is 10.5. The lowest BCUT2D eigenvalue weighted by Crippen LogP contribution is -2.48. The zero-order valence-corrected chi connectivity index (χ0v) is 17.9. The van der Waals surface area contributed by atoms with Crippen LogP contribution in [0.1, 0.15) is 35.5 Å². The first-order chi connectivity index (χ1) is 15.2. The van der Waals surface area contributed by atoms with Crippen LogP contribution in [0.25, 0.3) is 11.0 Å². The maximum atomic E-state index is 12.0. The standard InChI is InChI=1S/C25H29N5O/c1-2-22(31)29-14-16-30(17-15-29)25-23-19-10-6-7-11-20(19)26-24(23)27-21(28-25)13-12-18-8-4-3-5-9-18/h2-5,8-9H,1,6-7,10-17H2,(H,26,27,28). The number of amides is 1. The van der Waals surface area contributed by atoms with E-state index in [4.69, 9.17) is 9.97 Å². The highest BCUT2D eigenvalue weighted by atomic mass is 16.2. The van der Waals surface area contributed by atoms with Gasteiger partial charge in [0.15, 0.2) is 0 Å². The molecule has 3 aromatic rings. The van der Waals surface area contributed by atoms with Gasteiger partial charge in [-0.1, -0.05) is 36.9 Å². The van der Waals surface area contributed by atoms with Crippen LogP contribution in [0, 0.1) is 0 Å². The fourth-order valence-electron chi connectivity index (χ4n) is 4.83. The third-order valence-corrected chi connectivity index (χ3v) is 6.52. The monoisotopic (exact) mass is 415 g/mol. The van der Waals surface area contributed by atoms with E-state index in [0.717, 1.165) is 56.1 Å². The molecule has 0 unspecified atom stereocenters. The molecule has 0 atom stereocenters. The van der Waals surface area contributed by atoms with Crippen molar-refractivity contribution in [2.45, 2.75) is 38.5 Å². The molecule has 1 aliphatic carbocycles. The average Bonchev–Trinajstić information content (AvgIpc) is 3.21. The number of aryl methyl sites for hydroxylation is 4. The Kier molecular flexibility index (Phi) is 5.45. The molecule has 31 heavy (non-hydrogen) atoms. The summed E-state index contributed by atoms with van der Waals surface area (Å²) in [5.41, 5.74) is 5.01. The predicted octanol–water partition coefficient (Wildman–Crippen LogP) is 3.46. The number of carbonyl (C=O) groups is 1. The summed E-state index contributed by atoms with van der Waals surface area (Å²) in [5.74, 6) is 1.93. The van der Waals surface area contributed by atoms with Crippen LogP contribution in [0.4, 0.5) is 5.82 Å². The van der Waals surface area contributed by atoms with Gasteiger partial charge in [0.2, 0.25) is 5.91 Å². The molecule has 2 aromatic heterocycles. The van der Waals surface area contributed by atoms with Crippen molar-refractivity contribution < 1.29 is 4.79 Å². The first kappa shape index (κ1) is 19.8. The lowest BCUT2D eigenvalue weighted by molar-refractivity contribution is -0.126. The van der Waals surface area contributed by atoms with E-state index in [-0.39, 0.29) is 5.91 Å². The molecule has 0 spiro atoms. The number of aromatic amines is 1. The summed E-state index contributed by atoms with van der Waals surface area (Å²) in [5, 5.41) is 1.20. The van der Waals surface area contributed by atoms with E-state index in [1.54, 1.807) is 0 Å². The topological polar surface area (TPSA) is 65.1 Å². The molecule has 6 heteroatoms. The van der Waals surface area contributed by atoms with Crippen LogP contribution in [0.2, 0.25) is 0 Å². The molecule has 0 bridgehead atoms. The summed E-state index contributed by atoms with van der Waals surface area (Å²) >= 11 is 0. The highest BCUT2D eigenvalue weighted by Crippen LogP contribution is 2.34. The Morgan fingerprint density at radius 1 is 1.03 bits per heavy atom. The van der Waals surface area contributed by atoms with Crippen molar-refractivity contribution in [2.75, 3.05) is 31.1 Å². The van der Waals surface area contributed by atoms with Crippen molar-refractivity contribution in [3.63, 3.8) is 0 Å². The molecular weight excluding hydrogens is 386 g/mol. The van der Waals surface area contributed by atoms with Crippen molar-refractivity contribution in [1.29, 1.82) is 0 Å². The second-order valence-corrected chi connectivity index (χ2v) is 8.48. The Bertz CT molecular complexity index is 1100. The highest BCUT2D eigenvalue weighted by Gasteiger charge is 2.26. The Hall–Kier alpha value is -3.15. The maximum absolute atomic E-state index is 12.0. The van der Waals surface area contributed by atoms with Crippen LogP contribution >= 0.6 is 0 Å². The molecule has 5 rings (SSSR count). The fourth-order valence-corrected chi connectivity index (χ4v) is 4.83. The zero-order chi connectivity index (χ0) is 21.2. The van der Waals surface area contributed by atoms with E-state index in [9.17, 15) is 4.79 Å². The lowest BCUT2D eigenvalue weighted by atomic mass is 9.96. The Morgan fingerprint density at radius 2 is 1.81 bits per heavy atom. The van der Waals surface area contributed by atoms with Gasteiger partial charge in [0.1, 0.15) is 17.3 Å². The maximum Gasteiger partial charge on any atom is 0.246 e. The van der Waals surface area contributed by atoms with E-state index in [1.807, 2.05) is 11.0 Å². The molecular formula is C25H29N5O. The minimum atomic E-state index is 0.00931. The van der Waals surface area contributed by atoms with Gasteiger partial charge in [0.25, 0.3) is 0 Å². The van der Waals surface area contributed by atoms with Gasteiger partial charge in [-0.2, -0.15) is 0 Å². The van der Waals surface area contributed by atoms with E-state index >= 15 is 0 Å². The largest absolute Gasteiger partial charge is 0.352 e. The van der Waals surface area contributed by atoms with E-state index in [1.165, 1.54) is 41.1 Å². The highest BCUT2D eigenvalue weighted by molar-refractivity contribution is 5.93. The second-order valence-electron chi connectivity index (χ2n) is 8.48. The van der Waals surface area contributed by atoms with Gasteiger partial charge >= 0.3 is 0 Å². The summed E-state index contributed by atoms with van der Waals surface area (Å²) in [7, 11) is 0. The molecule has 1 amide bonds. The van der Waals surface area contributed by atoms with Crippen LogP contribution in [0.5, 0.6) is 0 Å². The van der Waals surface area contributed by atoms with Crippen molar-refractivity contribution in [1.82, 2.24) is 19.9 Å². The minimum absolute atomic E-state index is 0.00931. The average molecular weight is 416 g/mol. The number of anilines is 1. The van der Waals surface area contributed by atoms with Gasteiger partial charge in [-0.25, -0.2) is 9.97 Å². The molecule has 6 nitrogen and oxygen atoms in total. The molecule has 1 aliphatic heterocycles. The van der Waals surface area contributed by atoms with Crippen molar-refractivity contribution in [3.05, 3.63) is 65.6 Å². The Balaban J connectivity index is 1.48. The number of nitrogens with one attached hydrogen (secondary N) is 1. The zero-order valence-electron chi connectivity index (χ0n) is 17.9. The molecule has 3 heterocycles. The number of aromatic nitrogens is 3. The van der Waals surface area contributed by atoms with Gasteiger partial charge in [-0.15, -0.1) is 0 Å². The van der Waals surface area contributed by atoms with Gasteiger partial charge in [0, 0.05) is 38.3 Å². The van der Waals surface area contributed by atoms with Crippen LogP contribution in [-0.4, -0.2) is 51.9 Å². The van der Waals surface area contributed by atoms with Gasteiger partial charge < -0.3 is 14.8 Å². The number of carbonyl (C=O) groups excluding carboxylic acids is 1. The molecule has 0 saturated carbocycles. The summed E-state index contributed by atoms with van der Waals surface area (Å²) < 4.78 is 0. The van der Waals surface area contributed by atoms with Crippen LogP contribution < -0.4 is 4.90 Å². The number of hydrogen-bond acceptors (Lipinski definition) is 4. The molecule has 160 valence electrons. The Labute approximate surface area is 183 Å². The van der Waals surface area contributed by atoms with Gasteiger partial charge in [0.05, 0.1) is 5.39 Å². The van der Waals surface area contributed by atoms with Crippen molar-refractivity contribution in [2.24, 2.45) is 0 Å². The summed E-state index contributed by atoms with van der Waals surface area (Å²) in [6.45, 7) is 6.58. The van der Waals surface area contributed by atoms with Gasteiger partial charge in [-0.05, 0) is 49.3 Å². The fraction of sp³-hybridized carbons (Fsp3) is 0.400. The lowest BCUT2D eigenvalue weighted by Gasteiger charge is -2.35. The van der Waals surface area contributed by atoms with Crippen LogP contribution in [-0.2, 0) is 30.5 Å². The number of H-pyrrole nitrogens is 1. The van der Waals surface area contributed by atoms with E-state index < -0.39 is 0 Å². The number of nitrogens with zero attached hydrogens (tertiary/aromatic N) is 4. The third kappa shape index (κ3) is 3.94. The minimum Gasteiger partial charge on any atom is -0.352 e. The number of piperazine rings is 1. The SMILES string of the molecule is C=CC(=O)N1CCN(c2nc(CCc3ccccc3)nc3[nH]c4c(c23)CCCC4)CC1. The predicted molar refractivity (Wildman–Crippen MR) is 123 cm³/mol. The molecule has 1 saturated heterocycles. The molecule has 2 aliphatic rings. The van der Waals surface area contributed by atoms with Crippen molar-refractivity contribution >= 4 is 22.8 Å². The summed E-state index contributed by atoms with van der Waals surface area (Å²) in [6.07, 6.45) is 7.76. The van der Waals surface area contributed by atoms with Crippen LogP contribution in [0.3, 0.4) is 0 Å². The number of benzene rings is 1. The number of hydrogen-bond donors (Lipinski definition) is 1. The first-order valence-electron chi connectivity index (χ1n) is 11.3. The molecule has 1 fully saturated rings. The molecule has 1 N–H and O–H groups in total. The molecule has 1 aromatic carbocycles. The van der Waals surface area contributed by atoms with Crippen LogP contribution in [0.15, 0.2) is 43.0 Å².